The van der Waals surface area contributed by atoms with Crippen LogP contribution in [0.1, 0.15) is 67.2 Å². The van der Waals surface area contributed by atoms with Gasteiger partial charge >= 0.3 is 11.9 Å². The highest BCUT2D eigenvalue weighted by Gasteiger charge is 2.51. The lowest BCUT2D eigenvalue weighted by Crippen LogP contribution is -2.49. The maximum atomic E-state index is 11.0. The molecule has 6 heteroatoms. The summed E-state index contributed by atoms with van der Waals surface area (Å²) in [5.74, 6) is -0.596. The van der Waals surface area contributed by atoms with Crippen molar-refractivity contribution in [2.24, 2.45) is 44.7 Å². The number of nitrogens with zero attached hydrogens (tertiary/aromatic N) is 2. The molecule has 0 aliphatic heterocycles. The molecule has 2 N–H and O–H groups in total. The van der Waals surface area contributed by atoms with Gasteiger partial charge in [-0.25, -0.2) is 0 Å². The Bertz CT molecular complexity index is 592. The molecule has 0 aromatic rings. The fourth-order valence-electron chi connectivity index (χ4n) is 4.86. The molecule has 0 heterocycles. The fourth-order valence-corrected chi connectivity index (χ4v) is 4.86. The highest BCUT2D eigenvalue weighted by molar-refractivity contribution is 5.90. The van der Waals surface area contributed by atoms with Crippen molar-refractivity contribution in [2.75, 3.05) is 0 Å². The van der Waals surface area contributed by atoms with E-state index < -0.39 is 11.9 Å². The Hall–Kier alpha value is -1.72. The minimum absolute atomic E-state index is 0.0717. The van der Waals surface area contributed by atoms with Gasteiger partial charge in [0.2, 0.25) is 0 Å². The molecule has 2 saturated carbocycles. The molecule has 146 valence electrons. The highest BCUT2D eigenvalue weighted by Crippen LogP contribution is 2.54. The molecule has 0 aromatic heterocycles. The van der Waals surface area contributed by atoms with E-state index in [0.29, 0.717) is 0 Å². The third kappa shape index (κ3) is 3.84. The predicted octanol–water partition coefficient (Wildman–Crippen LogP) is 4.10. The normalized spacial score (nSPS) is 33.2. The molecule has 2 aliphatic rings. The van der Waals surface area contributed by atoms with Gasteiger partial charge in [0.1, 0.15) is 0 Å². The van der Waals surface area contributed by atoms with Crippen LogP contribution in [0.25, 0.3) is 0 Å². The molecule has 0 amide bonds. The molecular weight excluding hydrogens is 332 g/mol. The number of carbonyl (C=O) groups is 2. The van der Waals surface area contributed by atoms with Crippen LogP contribution >= 0.6 is 0 Å². The van der Waals surface area contributed by atoms with Crippen LogP contribution in [0, 0.1) is 34.5 Å². The molecule has 0 spiro atoms. The van der Waals surface area contributed by atoms with Gasteiger partial charge in [-0.2, -0.15) is 10.2 Å². The maximum Gasteiger partial charge on any atom is 0.303 e. The summed E-state index contributed by atoms with van der Waals surface area (Å²) < 4.78 is 0. The Morgan fingerprint density at radius 1 is 0.808 bits per heavy atom. The second-order valence-corrected chi connectivity index (χ2v) is 9.29. The van der Waals surface area contributed by atoms with Gasteiger partial charge in [-0.1, -0.05) is 27.7 Å². The SMILES string of the molecule is C/C(=N/N=C(/C)[C@@H]1C[C@H](CC(=O)O)C1(C)C)[C@@H]1C[C@H](CC(=O)O)C1(C)C. The minimum atomic E-state index is -0.742. The van der Waals surface area contributed by atoms with Gasteiger partial charge in [-0.3, -0.25) is 9.59 Å². The Morgan fingerprint density at radius 3 is 1.35 bits per heavy atom. The first-order chi connectivity index (χ1) is 11.9. The molecule has 2 rings (SSSR count). The number of aliphatic carboxylic acids is 2. The van der Waals surface area contributed by atoms with E-state index in [0.717, 1.165) is 24.3 Å². The second kappa shape index (κ2) is 7.12. The maximum absolute atomic E-state index is 11.0. The zero-order chi connectivity index (χ0) is 19.9. The van der Waals surface area contributed by atoms with Gasteiger partial charge in [0.05, 0.1) is 0 Å². The molecule has 0 aromatic carbocycles. The Balaban J connectivity index is 2.00. The van der Waals surface area contributed by atoms with Gasteiger partial charge in [0.15, 0.2) is 0 Å². The topological polar surface area (TPSA) is 99.3 Å². The van der Waals surface area contributed by atoms with E-state index in [4.69, 9.17) is 10.2 Å². The van der Waals surface area contributed by atoms with Gasteiger partial charge in [-0.05, 0) is 49.4 Å². The average molecular weight is 364 g/mol. The summed E-state index contributed by atoms with van der Waals surface area (Å²) in [6.07, 6.45) is 2.11. The average Bonchev–Trinajstić information content (AvgIpc) is 2.51. The number of hydrogen-bond donors (Lipinski definition) is 2. The van der Waals surface area contributed by atoms with E-state index >= 15 is 0 Å². The van der Waals surface area contributed by atoms with Crippen molar-refractivity contribution in [3.8, 4) is 0 Å². The Labute approximate surface area is 155 Å². The summed E-state index contributed by atoms with van der Waals surface area (Å²) in [7, 11) is 0. The van der Waals surface area contributed by atoms with Crippen LogP contribution in [0.2, 0.25) is 0 Å². The Morgan fingerprint density at radius 2 is 1.12 bits per heavy atom. The first-order valence-corrected chi connectivity index (χ1v) is 9.39. The van der Waals surface area contributed by atoms with Crippen molar-refractivity contribution >= 4 is 23.4 Å². The van der Waals surface area contributed by atoms with Crippen molar-refractivity contribution in [2.45, 2.75) is 67.2 Å². The van der Waals surface area contributed by atoms with Gasteiger partial charge in [0.25, 0.3) is 0 Å². The number of carboxylic acids is 2. The molecule has 26 heavy (non-hydrogen) atoms. The molecule has 0 saturated heterocycles. The summed E-state index contributed by atoms with van der Waals surface area (Å²) in [4.78, 5) is 21.9. The van der Waals surface area contributed by atoms with Crippen molar-refractivity contribution in [1.82, 2.24) is 0 Å². The van der Waals surface area contributed by atoms with E-state index in [1.807, 2.05) is 13.8 Å². The van der Waals surface area contributed by atoms with Crippen LogP contribution in [0.3, 0.4) is 0 Å². The fraction of sp³-hybridized carbons (Fsp3) is 0.800. The largest absolute Gasteiger partial charge is 0.481 e. The molecular formula is C20H32N2O4. The smallest absolute Gasteiger partial charge is 0.303 e. The van der Waals surface area contributed by atoms with Crippen molar-refractivity contribution < 1.29 is 19.8 Å². The van der Waals surface area contributed by atoms with Crippen LogP contribution in [-0.4, -0.2) is 33.6 Å². The third-order valence-electron chi connectivity index (χ3n) is 7.16. The van der Waals surface area contributed by atoms with Crippen molar-refractivity contribution in [3.63, 3.8) is 0 Å². The summed E-state index contributed by atoms with van der Waals surface area (Å²) >= 11 is 0. The second-order valence-electron chi connectivity index (χ2n) is 9.29. The quantitative estimate of drug-likeness (QED) is 0.525. The van der Waals surface area contributed by atoms with Crippen LogP contribution in [0.4, 0.5) is 0 Å². The third-order valence-corrected chi connectivity index (χ3v) is 7.16. The molecule has 0 bridgehead atoms. The highest BCUT2D eigenvalue weighted by atomic mass is 16.4. The summed E-state index contributed by atoms with van der Waals surface area (Å²) in [6.45, 7) is 12.4. The van der Waals surface area contributed by atoms with E-state index in [1.165, 1.54) is 0 Å². The molecule has 6 nitrogen and oxygen atoms in total. The predicted molar refractivity (Wildman–Crippen MR) is 101 cm³/mol. The van der Waals surface area contributed by atoms with E-state index in [-0.39, 0.29) is 47.3 Å². The zero-order valence-electron chi connectivity index (χ0n) is 16.7. The van der Waals surface area contributed by atoms with E-state index in [2.05, 4.69) is 37.9 Å². The molecule has 4 atom stereocenters. The molecule has 0 unspecified atom stereocenters. The number of hydrogen-bond acceptors (Lipinski definition) is 4. The summed E-state index contributed by atoms with van der Waals surface area (Å²) in [5.41, 5.74) is 1.76. The minimum Gasteiger partial charge on any atom is -0.481 e. The lowest BCUT2D eigenvalue weighted by Gasteiger charge is -2.52. The summed E-state index contributed by atoms with van der Waals surface area (Å²) in [6, 6.07) is 0. The van der Waals surface area contributed by atoms with Crippen LogP contribution in [0.5, 0.6) is 0 Å². The van der Waals surface area contributed by atoms with E-state index in [1.54, 1.807) is 0 Å². The van der Waals surface area contributed by atoms with Gasteiger partial charge < -0.3 is 10.2 Å². The number of carboxylic acid groups (broad SMARTS) is 2. The molecule has 0 radical (unpaired) electrons. The summed E-state index contributed by atoms with van der Waals surface area (Å²) in [5, 5.41) is 26.9. The van der Waals surface area contributed by atoms with Crippen molar-refractivity contribution in [3.05, 3.63) is 0 Å². The van der Waals surface area contributed by atoms with Gasteiger partial charge in [-0.15, -0.1) is 0 Å². The number of rotatable bonds is 7. The first kappa shape index (κ1) is 20.6. The zero-order valence-corrected chi connectivity index (χ0v) is 16.7. The van der Waals surface area contributed by atoms with Crippen LogP contribution in [-0.2, 0) is 9.59 Å². The van der Waals surface area contributed by atoms with E-state index in [9.17, 15) is 9.59 Å². The Kier molecular flexibility index (Phi) is 5.64. The molecule has 2 fully saturated rings. The van der Waals surface area contributed by atoms with Gasteiger partial charge in [0, 0.05) is 36.1 Å². The standard InChI is InChI=1S/C20H32N2O4/c1-11(15-7-13(9-17(23)24)19(15,3)4)21-22-12(2)16-8-14(10-18(25)26)20(16,5)6/h13-16H,7-10H2,1-6H3,(H,23,24)(H,25,26)/b21-11-,22-12-/t13-,14-,15+,16+/m1/s1. The first-order valence-electron chi connectivity index (χ1n) is 9.39. The lowest BCUT2D eigenvalue weighted by molar-refractivity contribution is -0.142. The monoisotopic (exact) mass is 364 g/mol. The van der Waals surface area contributed by atoms with Crippen LogP contribution in [0.15, 0.2) is 10.2 Å². The van der Waals surface area contributed by atoms with Crippen molar-refractivity contribution in [1.29, 1.82) is 0 Å². The molecule has 2 aliphatic carbocycles. The lowest BCUT2D eigenvalue weighted by atomic mass is 9.52. The van der Waals surface area contributed by atoms with Crippen LogP contribution < -0.4 is 0 Å².